The van der Waals surface area contributed by atoms with Gasteiger partial charge in [-0.05, 0) is 18.6 Å². The average Bonchev–Trinajstić information content (AvgIpc) is 2.89. The number of nitrogens with one attached hydrogen (secondary N) is 1. The molecule has 110 valence electrons. The SMILES string of the molecule is CCc1noc(C=C(N)c2cccc(F)c2)c1C(=O)NC. The molecule has 2 rings (SSSR count). The summed E-state index contributed by atoms with van der Waals surface area (Å²) in [5.74, 6) is -0.429. The third kappa shape index (κ3) is 3.10. The first-order chi connectivity index (χ1) is 10.1. The largest absolute Gasteiger partial charge is 0.398 e. The summed E-state index contributed by atoms with van der Waals surface area (Å²) in [6.45, 7) is 1.87. The molecule has 0 unspecified atom stereocenters. The summed E-state index contributed by atoms with van der Waals surface area (Å²) >= 11 is 0. The molecule has 0 spiro atoms. The van der Waals surface area contributed by atoms with Crippen molar-refractivity contribution in [1.82, 2.24) is 10.5 Å². The van der Waals surface area contributed by atoms with E-state index in [0.29, 0.717) is 28.9 Å². The lowest BCUT2D eigenvalue weighted by Gasteiger charge is -2.02. The van der Waals surface area contributed by atoms with Crippen LogP contribution in [-0.4, -0.2) is 18.1 Å². The topological polar surface area (TPSA) is 81.2 Å². The molecule has 0 saturated carbocycles. The Labute approximate surface area is 121 Å². The first-order valence-corrected chi connectivity index (χ1v) is 6.50. The van der Waals surface area contributed by atoms with E-state index in [0.717, 1.165) is 0 Å². The normalized spacial score (nSPS) is 11.5. The van der Waals surface area contributed by atoms with Crippen molar-refractivity contribution in [3.8, 4) is 0 Å². The highest BCUT2D eigenvalue weighted by molar-refractivity contribution is 5.99. The number of carbonyl (C=O) groups excluding carboxylic acids is 1. The van der Waals surface area contributed by atoms with E-state index in [-0.39, 0.29) is 17.5 Å². The molecule has 0 bridgehead atoms. The second-order valence-corrected chi connectivity index (χ2v) is 4.41. The van der Waals surface area contributed by atoms with E-state index >= 15 is 0 Å². The van der Waals surface area contributed by atoms with Crippen molar-refractivity contribution < 1.29 is 13.7 Å². The van der Waals surface area contributed by atoms with Gasteiger partial charge in [0.25, 0.3) is 5.91 Å². The highest BCUT2D eigenvalue weighted by Crippen LogP contribution is 2.20. The Bertz CT molecular complexity index is 692. The number of hydrogen-bond donors (Lipinski definition) is 2. The van der Waals surface area contributed by atoms with Gasteiger partial charge in [-0.2, -0.15) is 0 Å². The van der Waals surface area contributed by atoms with Gasteiger partial charge in [0.2, 0.25) is 0 Å². The number of rotatable bonds is 4. The molecule has 0 aliphatic carbocycles. The number of nitrogens with zero attached hydrogens (tertiary/aromatic N) is 1. The summed E-state index contributed by atoms with van der Waals surface area (Å²) in [6, 6.07) is 5.87. The molecule has 1 heterocycles. The van der Waals surface area contributed by atoms with E-state index in [4.69, 9.17) is 10.3 Å². The molecule has 0 fully saturated rings. The lowest BCUT2D eigenvalue weighted by Crippen LogP contribution is -2.19. The van der Waals surface area contributed by atoms with Crippen LogP contribution in [0.3, 0.4) is 0 Å². The molecule has 2 aromatic rings. The average molecular weight is 289 g/mol. The Morgan fingerprint density at radius 1 is 1.52 bits per heavy atom. The van der Waals surface area contributed by atoms with E-state index in [1.807, 2.05) is 6.92 Å². The van der Waals surface area contributed by atoms with Crippen molar-refractivity contribution in [2.24, 2.45) is 5.73 Å². The van der Waals surface area contributed by atoms with E-state index in [9.17, 15) is 9.18 Å². The highest BCUT2D eigenvalue weighted by atomic mass is 19.1. The molecule has 0 aliphatic heterocycles. The van der Waals surface area contributed by atoms with Gasteiger partial charge in [0, 0.05) is 24.4 Å². The summed E-state index contributed by atoms with van der Waals surface area (Å²) in [5.41, 5.74) is 7.62. The predicted octanol–water partition coefficient (Wildman–Crippen LogP) is 2.19. The molecule has 6 heteroatoms. The molecular weight excluding hydrogens is 273 g/mol. The van der Waals surface area contributed by atoms with Crippen LogP contribution in [0, 0.1) is 5.82 Å². The van der Waals surface area contributed by atoms with Gasteiger partial charge in [-0.3, -0.25) is 4.79 Å². The Hall–Kier alpha value is -2.63. The number of hydrogen-bond acceptors (Lipinski definition) is 4. The first kappa shape index (κ1) is 14.8. The summed E-state index contributed by atoms with van der Waals surface area (Å²) in [6.07, 6.45) is 2.03. The molecule has 1 amide bonds. The lowest BCUT2D eigenvalue weighted by molar-refractivity contribution is 0.0961. The van der Waals surface area contributed by atoms with Gasteiger partial charge in [0.05, 0.1) is 5.69 Å². The molecule has 0 atom stereocenters. The summed E-state index contributed by atoms with van der Waals surface area (Å²) in [5, 5.41) is 6.39. The second-order valence-electron chi connectivity index (χ2n) is 4.41. The van der Waals surface area contributed by atoms with Crippen molar-refractivity contribution in [2.75, 3.05) is 7.05 Å². The number of halogens is 1. The van der Waals surface area contributed by atoms with Crippen LogP contribution in [0.1, 0.15) is 34.3 Å². The van der Waals surface area contributed by atoms with E-state index < -0.39 is 0 Å². The molecule has 21 heavy (non-hydrogen) atoms. The highest BCUT2D eigenvalue weighted by Gasteiger charge is 2.19. The maximum absolute atomic E-state index is 13.2. The van der Waals surface area contributed by atoms with Crippen molar-refractivity contribution in [1.29, 1.82) is 0 Å². The van der Waals surface area contributed by atoms with E-state index in [2.05, 4.69) is 10.5 Å². The number of nitrogens with two attached hydrogens (primary N) is 1. The fraction of sp³-hybridized carbons (Fsp3) is 0.200. The molecule has 1 aromatic heterocycles. The van der Waals surface area contributed by atoms with Gasteiger partial charge in [0.15, 0.2) is 5.76 Å². The molecule has 0 saturated heterocycles. The minimum Gasteiger partial charge on any atom is -0.398 e. The van der Waals surface area contributed by atoms with Gasteiger partial charge in [-0.1, -0.05) is 24.2 Å². The Kier molecular flexibility index (Phi) is 4.37. The van der Waals surface area contributed by atoms with Crippen LogP contribution in [0.25, 0.3) is 11.8 Å². The zero-order valence-electron chi connectivity index (χ0n) is 11.8. The summed E-state index contributed by atoms with van der Waals surface area (Å²) in [7, 11) is 1.53. The van der Waals surface area contributed by atoms with Crippen LogP contribution in [-0.2, 0) is 6.42 Å². The van der Waals surface area contributed by atoms with Crippen LogP contribution < -0.4 is 11.1 Å². The zero-order valence-corrected chi connectivity index (χ0v) is 11.8. The van der Waals surface area contributed by atoms with Crippen LogP contribution in [0.4, 0.5) is 4.39 Å². The Morgan fingerprint density at radius 3 is 2.90 bits per heavy atom. The smallest absolute Gasteiger partial charge is 0.256 e. The van der Waals surface area contributed by atoms with Crippen molar-refractivity contribution >= 4 is 17.7 Å². The number of aryl methyl sites for hydroxylation is 1. The number of amides is 1. The molecular formula is C15H16FN3O2. The number of carbonyl (C=O) groups is 1. The van der Waals surface area contributed by atoms with Crippen molar-refractivity contribution in [3.05, 3.63) is 52.7 Å². The molecule has 0 radical (unpaired) electrons. The lowest BCUT2D eigenvalue weighted by atomic mass is 10.1. The second kappa shape index (κ2) is 6.21. The van der Waals surface area contributed by atoms with Gasteiger partial charge in [-0.25, -0.2) is 4.39 Å². The number of benzene rings is 1. The first-order valence-electron chi connectivity index (χ1n) is 6.50. The molecule has 1 aromatic carbocycles. The van der Waals surface area contributed by atoms with Crippen molar-refractivity contribution in [3.63, 3.8) is 0 Å². The Balaban J connectivity index is 2.45. The van der Waals surface area contributed by atoms with E-state index in [1.54, 1.807) is 12.1 Å². The molecule has 0 aliphatic rings. The van der Waals surface area contributed by atoms with Crippen LogP contribution in [0.2, 0.25) is 0 Å². The van der Waals surface area contributed by atoms with Crippen LogP contribution >= 0.6 is 0 Å². The van der Waals surface area contributed by atoms with Crippen LogP contribution in [0.5, 0.6) is 0 Å². The fourth-order valence-electron chi connectivity index (χ4n) is 1.94. The maximum atomic E-state index is 13.2. The summed E-state index contributed by atoms with van der Waals surface area (Å²) < 4.78 is 18.4. The molecule has 5 nitrogen and oxygen atoms in total. The van der Waals surface area contributed by atoms with Gasteiger partial charge < -0.3 is 15.6 Å². The monoisotopic (exact) mass is 289 g/mol. The third-order valence-electron chi connectivity index (χ3n) is 3.02. The van der Waals surface area contributed by atoms with Crippen LogP contribution in [0.15, 0.2) is 28.8 Å². The van der Waals surface area contributed by atoms with Crippen molar-refractivity contribution in [2.45, 2.75) is 13.3 Å². The number of aromatic nitrogens is 1. The third-order valence-corrected chi connectivity index (χ3v) is 3.02. The standard InChI is InChI=1S/C15H16FN3O2/c1-3-12-14(15(20)18-2)13(21-19-12)8-11(17)9-5-4-6-10(16)7-9/h4-8H,3,17H2,1-2H3,(H,18,20). The zero-order chi connectivity index (χ0) is 15.4. The predicted molar refractivity (Wildman–Crippen MR) is 77.7 cm³/mol. The molecule has 3 N–H and O–H groups in total. The minimum atomic E-state index is -0.387. The fourth-order valence-corrected chi connectivity index (χ4v) is 1.94. The minimum absolute atomic E-state index is 0.257. The Morgan fingerprint density at radius 2 is 2.29 bits per heavy atom. The maximum Gasteiger partial charge on any atom is 0.256 e. The van der Waals surface area contributed by atoms with E-state index in [1.165, 1.54) is 25.3 Å². The van der Waals surface area contributed by atoms with Gasteiger partial charge in [-0.15, -0.1) is 0 Å². The summed E-state index contributed by atoms with van der Waals surface area (Å²) in [4.78, 5) is 11.9. The quantitative estimate of drug-likeness (QED) is 0.904. The van der Waals surface area contributed by atoms with Gasteiger partial charge >= 0.3 is 0 Å². The van der Waals surface area contributed by atoms with Gasteiger partial charge in [0.1, 0.15) is 11.4 Å².